The minimum Gasteiger partial charge on any atom is -0.497 e. The van der Waals surface area contributed by atoms with E-state index in [4.69, 9.17) is 21.1 Å². The van der Waals surface area contributed by atoms with Crippen molar-refractivity contribution in [3.63, 3.8) is 0 Å². The Labute approximate surface area is 129 Å². The van der Waals surface area contributed by atoms with Crippen LogP contribution >= 0.6 is 11.6 Å². The summed E-state index contributed by atoms with van der Waals surface area (Å²) in [5, 5.41) is 8.45. The van der Waals surface area contributed by atoms with E-state index in [1.807, 2.05) is 32.2 Å². The van der Waals surface area contributed by atoms with Gasteiger partial charge in [-0.15, -0.1) is 0 Å². The summed E-state index contributed by atoms with van der Waals surface area (Å²) in [6.45, 7) is 2.60. The molecular weight excluding hydrogens is 290 g/mol. The van der Waals surface area contributed by atoms with Crippen LogP contribution in [0.3, 0.4) is 0 Å². The summed E-state index contributed by atoms with van der Waals surface area (Å²) >= 11 is 6.35. The second kappa shape index (κ2) is 6.72. The van der Waals surface area contributed by atoms with Crippen LogP contribution in [0.4, 0.5) is 5.69 Å². The molecule has 0 aliphatic rings. The number of aromatic nitrogens is 2. The quantitative estimate of drug-likeness (QED) is 0.889. The summed E-state index contributed by atoms with van der Waals surface area (Å²) in [7, 11) is 5.17. The van der Waals surface area contributed by atoms with Crippen LogP contribution in [-0.2, 0) is 20.0 Å². The normalized spacial score (nSPS) is 10.5. The highest BCUT2D eigenvalue weighted by molar-refractivity contribution is 6.31. The standard InChI is InChI=1S/C15H20ClN3O2/c1-5-11-15(16)13(19(2)18-11)9-17-12-8-10(20-3)6-7-14(12)21-4/h6-8,17H,5,9H2,1-4H3. The number of anilines is 1. The summed E-state index contributed by atoms with van der Waals surface area (Å²) in [5.74, 6) is 1.52. The Morgan fingerprint density at radius 3 is 2.62 bits per heavy atom. The molecular formula is C15H20ClN3O2. The van der Waals surface area contributed by atoms with Crippen LogP contribution in [0.15, 0.2) is 18.2 Å². The molecule has 0 unspecified atom stereocenters. The lowest BCUT2D eigenvalue weighted by atomic mass is 10.2. The van der Waals surface area contributed by atoms with Gasteiger partial charge in [-0.25, -0.2) is 0 Å². The molecule has 0 aliphatic heterocycles. The largest absolute Gasteiger partial charge is 0.497 e. The average Bonchev–Trinajstić information content (AvgIpc) is 2.79. The van der Waals surface area contributed by atoms with Gasteiger partial charge in [0.05, 0.1) is 42.9 Å². The molecule has 21 heavy (non-hydrogen) atoms. The van der Waals surface area contributed by atoms with E-state index in [1.165, 1.54) is 0 Å². The number of nitrogens with one attached hydrogen (secondary N) is 1. The third-order valence-electron chi connectivity index (χ3n) is 3.36. The molecule has 2 aromatic rings. The summed E-state index contributed by atoms with van der Waals surface area (Å²) in [4.78, 5) is 0. The Hall–Kier alpha value is -1.88. The molecule has 2 rings (SSSR count). The second-order valence-electron chi connectivity index (χ2n) is 4.60. The number of benzene rings is 1. The van der Waals surface area contributed by atoms with Gasteiger partial charge in [-0.3, -0.25) is 4.68 Å². The molecule has 1 aromatic heterocycles. The molecule has 5 nitrogen and oxygen atoms in total. The van der Waals surface area contributed by atoms with E-state index in [9.17, 15) is 0 Å². The van der Waals surface area contributed by atoms with Crippen molar-refractivity contribution in [2.75, 3.05) is 19.5 Å². The van der Waals surface area contributed by atoms with Crippen molar-refractivity contribution in [1.29, 1.82) is 0 Å². The number of nitrogens with zero attached hydrogens (tertiary/aromatic N) is 2. The maximum atomic E-state index is 6.35. The Balaban J connectivity index is 2.21. The lowest BCUT2D eigenvalue weighted by Crippen LogP contribution is -2.07. The van der Waals surface area contributed by atoms with Crippen LogP contribution < -0.4 is 14.8 Å². The molecule has 0 aliphatic carbocycles. The van der Waals surface area contributed by atoms with Crippen molar-refractivity contribution in [2.24, 2.45) is 7.05 Å². The molecule has 114 valence electrons. The van der Waals surface area contributed by atoms with Gasteiger partial charge in [0.15, 0.2) is 0 Å². The third-order valence-corrected chi connectivity index (χ3v) is 3.79. The lowest BCUT2D eigenvalue weighted by molar-refractivity contribution is 0.404. The van der Waals surface area contributed by atoms with Gasteiger partial charge in [0.2, 0.25) is 0 Å². The number of hydrogen-bond donors (Lipinski definition) is 1. The fraction of sp³-hybridized carbons (Fsp3) is 0.400. The Bertz CT molecular complexity index is 626. The van der Waals surface area contributed by atoms with Crippen molar-refractivity contribution in [3.05, 3.63) is 34.6 Å². The Morgan fingerprint density at radius 2 is 2.05 bits per heavy atom. The van der Waals surface area contributed by atoms with Gasteiger partial charge >= 0.3 is 0 Å². The molecule has 0 saturated carbocycles. The minimum atomic E-state index is 0.561. The van der Waals surface area contributed by atoms with Gasteiger partial charge in [0.25, 0.3) is 0 Å². The third kappa shape index (κ3) is 3.24. The Kier molecular flexibility index (Phi) is 4.96. The van der Waals surface area contributed by atoms with E-state index >= 15 is 0 Å². The number of rotatable bonds is 6. The molecule has 6 heteroatoms. The molecule has 0 atom stereocenters. The van der Waals surface area contributed by atoms with Gasteiger partial charge < -0.3 is 14.8 Å². The average molecular weight is 310 g/mol. The first-order valence-corrected chi connectivity index (χ1v) is 7.14. The molecule has 0 bridgehead atoms. The number of aryl methyl sites for hydroxylation is 2. The van der Waals surface area contributed by atoms with Crippen molar-refractivity contribution < 1.29 is 9.47 Å². The van der Waals surface area contributed by atoms with Gasteiger partial charge in [-0.05, 0) is 18.6 Å². The van der Waals surface area contributed by atoms with Gasteiger partial charge in [0.1, 0.15) is 11.5 Å². The zero-order chi connectivity index (χ0) is 15.4. The molecule has 0 saturated heterocycles. The highest BCUT2D eigenvalue weighted by atomic mass is 35.5. The first-order valence-electron chi connectivity index (χ1n) is 6.76. The predicted molar refractivity (Wildman–Crippen MR) is 84.5 cm³/mol. The lowest BCUT2D eigenvalue weighted by Gasteiger charge is -2.13. The fourth-order valence-electron chi connectivity index (χ4n) is 2.14. The minimum absolute atomic E-state index is 0.561. The molecule has 1 N–H and O–H groups in total. The highest BCUT2D eigenvalue weighted by Crippen LogP contribution is 2.30. The zero-order valence-electron chi connectivity index (χ0n) is 12.7. The smallest absolute Gasteiger partial charge is 0.142 e. The van der Waals surface area contributed by atoms with E-state index in [-0.39, 0.29) is 0 Å². The van der Waals surface area contributed by atoms with Crippen LogP contribution in [0.1, 0.15) is 18.3 Å². The summed E-state index contributed by atoms with van der Waals surface area (Å²) in [5.41, 5.74) is 2.71. The molecule has 1 aromatic carbocycles. The molecule has 0 radical (unpaired) electrons. The van der Waals surface area contributed by atoms with Crippen LogP contribution in [-0.4, -0.2) is 24.0 Å². The van der Waals surface area contributed by atoms with E-state index < -0.39 is 0 Å². The summed E-state index contributed by atoms with van der Waals surface area (Å²) < 4.78 is 12.4. The van der Waals surface area contributed by atoms with E-state index in [2.05, 4.69) is 10.4 Å². The van der Waals surface area contributed by atoms with Gasteiger partial charge in [-0.2, -0.15) is 5.10 Å². The first-order chi connectivity index (χ1) is 10.1. The predicted octanol–water partition coefficient (Wildman–Crippen LogP) is 3.27. The number of hydrogen-bond acceptors (Lipinski definition) is 4. The fourth-order valence-corrected chi connectivity index (χ4v) is 2.50. The van der Waals surface area contributed by atoms with E-state index in [0.717, 1.165) is 40.0 Å². The number of methoxy groups -OCH3 is 2. The monoisotopic (exact) mass is 309 g/mol. The van der Waals surface area contributed by atoms with E-state index in [0.29, 0.717) is 6.54 Å². The maximum absolute atomic E-state index is 6.35. The number of halogens is 1. The highest BCUT2D eigenvalue weighted by Gasteiger charge is 2.13. The van der Waals surface area contributed by atoms with Gasteiger partial charge in [0, 0.05) is 13.1 Å². The number of ether oxygens (including phenoxy) is 2. The molecule has 1 heterocycles. The van der Waals surface area contributed by atoms with Crippen molar-refractivity contribution in [1.82, 2.24) is 9.78 Å². The second-order valence-corrected chi connectivity index (χ2v) is 4.98. The summed E-state index contributed by atoms with van der Waals surface area (Å²) in [6.07, 6.45) is 0.815. The SMILES string of the molecule is CCc1nn(C)c(CNc2cc(OC)ccc2OC)c1Cl. The van der Waals surface area contributed by atoms with Crippen LogP contribution in [0, 0.1) is 0 Å². The summed E-state index contributed by atoms with van der Waals surface area (Å²) in [6, 6.07) is 5.61. The first kappa shape index (κ1) is 15.5. The van der Waals surface area contributed by atoms with Crippen molar-refractivity contribution in [2.45, 2.75) is 19.9 Å². The molecule has 0 fully saturated rings. The van der Waals surface area contributed by atoms with Crippen LogP contribution in [0.25, 0.3) is 0 Å². The zero-order valence-corrected chi connectivity index (χ0v) is 13.5. The topological polar surface area (TPSA) is 48.3 Å². The van der Waals surface area contributed by atoms with Crippen LogP contribution in [0.5, 0.6) is 11.5 Å². The maximum Gasteiger partial charge on any atom is 0.142 e. The van der Waals surface area contributed by atoms with E-state index in [1.54, 1.807) is 18.9 Å². The van der Waals surface area contributed by atoms with Crippen molar-refractivity contribution >= 4 is 17.3 Å². The Morgan fingerprint density at radius 1 is 1.29 bits per heavy atom. The molecule has 0 spiro atoms. The van der Waals surface area contributed by atoms with Crippen LogP contribution in [0.2, 0.25) is 5.02 Å². The molecule has 0 amide bonds. The van der Waals surface area contributed by atoms with Crippen molar-refractivity contribution in [3.8, 4) is 11.5 Å². The van der Waals surface area contributed by atoms with Gasteiger partial charge in [-0.1, -0.05) is 18.5 Å².